The van der Waals surface area contributed by atoms with Gasteiger partial charge >= 0.3 is 0 Å². The molecule has 0 saturated carbocycles. The van der Waals surface area contributed by atoms with E-state index in [1.165, 1.54) is 48.6 Å². The summed E-state index contributed by atoms with van der Waals surface area (Å²) in [5.41, 5.74) is 2.66. The Morgan fingerprint density at radius 2 is 2.00 bits per heavy atom. The molecule has 3 heterocycles. The molecule has 2 aromatic rings. The number of aromatic nitrogens is 1. The highest BCUT2D eigenvalue weighted by Gasteiger charge is 2.35. The Morgan fingerprint density at radius 3 is 2.81 bits per heavy atom. The van der Waals surface area contributed by atoms with Gasteiger partial charge < -0.3 is 15.2 Å². The number of benzene rings is 1. The van der Waals surface area contributed by atoms with Gasteiger partial charge in [-0.1, -0.05) is 18.6 Å². The predicted octanol–water partition coefficient (Wildman–Crippen LogP) is 3.27. The van der Waals surface area contributed by atoms with Crippen molar-refractivity contribution in [2.24, 2.45) is 0 Å². The molecule has 2 atom stereocenters. The molecule has 112 valence electrons. The summed E-state index contributed by atoms with van der Waals surface area (Å²) in [6.07, 6.45) is 8.87. The lowest BCUT2D eigenvalue weighted by Crippen LogP contribution is -2.54. The SMILES string of the molecule is CN1C2CCCC1CC(NCc1cccc3[nH]ccc13)C2. The van der Waals surface area contributed by atoms with Crippen molar-refractivity contribution >= 4 is 10.9 Å². The second kappa shape index (κ2) is 5.47. The van der Waals surface area contributed by atoms with E-state index >= 15 is 0 Å². The van der Waals surface area contributed by atoms with Crippen molar-refractivity contribution in [3.63, 3.8) is 0 Å². The van der Waals surface area contributed by atoms with Crippen LogP contribution in [0.15, 0.2) is 30.5 Å². The molecule has 2 unspecified atom stereocenters. The molecule has 0 radical (unpaired) electrons. The number of hydrogen-bond donors (Lipinski definition) is 2. The minimum absolute atomic E-state index is 0.686. The van der Waals surface area contributed by atoms with Crippen LogP contribution in [0.1, 0.15) is 37.7 Å². The molecular weight excluding hydrogens is 258 g/mol. The lowest BCUT2D eigenvalue weighted by molar-refractivity contribution is 0.0483. The van der Waals surface area contributed by atoms with Crippen LogP contribution in [0.25, 0.3) is 10.9 Å². The first-order chi connectivity index (χ1) is 10.3. The standard InChI is InChI=1S/C18H25N3/c1-21-15-5-3-6-16(21)11-14(10-15)20-12-13-4-2-7-18-17(13)8-9-19-18/h2,4,7-9,14-16,19-20H,3,5-6,10-12H2,1H3. The van der Waals surface area contributed by atoms with Crippen LogP contribution in [-0.4, -0.2) is 35.1 Å². The summed E-state index contributed by atoms with van der Waals surface area (Å²) in [6, 6.07) is 11.0. The summed E-state index contributed by atoms with van der Waals surface area (Å²) in [5, 5.41) is 5.19. The molecular formula is C18H25N3. The smallest absolute Gasteiger partial charge is 0.0457 e. The average Bonchev–Trinajstić information content (AvgIpc) is 2.94. The highest BCUT2D eigenvalue weighted by molar-refractivity contribution is 5.82. The first-order valence-electron chi connectivity index (χ1n) is 8.31. The molecule has 2 saturated heterocycles. The van der Waals surface area contributed by atoms with Crippen LogP contribution in [0.5, 0.6) is 0 Å². The van der Waals surface area contributed by atoms with Crippen LogP contribution in [0.2, 0.25) is 0 Å². The minimum Gasteiger partial charge on any atom is -0.361 e. The molecule has 2 aliphatic heterocycles. The second-order valence-electron chi connectivity index (χ2n) is 6.81. The van der Waals surface area contributed by atoms with Crippen molar-refractivity contribution in [2.45, 2.75) is 56.8 Å². The molecule has 0 amide bonds. The van der Waals surface area contributed by atoms with Crippen molar-refractivity contribution in [1.29, 1.82) is 0 Å². The summed E-state index contributed by atoms with van der Waals surface area (Å²) in [4.78, 5) is 5.94. The maximum absolute atomic E-state index is 3.83. The van der Waals surface area contributed by atoms with Gasteiger partial charge in [0.25, 0.3) is 0 Å². The molecule has 3 nitrogen and oxygen atoms in total. The van der Waals surface area contributed by atoms with Crippen LogP contribution < -0.4 is 5.32 Å². The van der Waals surface area contributed by atoms with Crippen molar-refractivity contribution < 1.29 is 0 Å². The first kappa shape index (κ1) is 13.4. The van der Waals surface area contributed by atoms with Crippen molar-refractivity contribution in [2.75, 3.05) is 7.05 Å². The van der Waals surface area contributed by atoms with Gasteiger partial charge in [-0.25, -0.2) is 0 Å². The third-order valence-corrected chi connectivity index (χ3v) is 5.61. The van der Waals surface area contributed by atoms with Gasteiger partial charge in [-0.15, -0.1) is 0 Å². The Hall–Kier alpha value is -1.32. The van der Waals surface area contributed by atoms with Crippen molar-refractivity contribution in [3.8, 4) is 0 Å². The third-order valence-electron chi connectivity index (χ3n) is 5.61. The van der Waals surface area contributed by atoms with Crippen LogP contribution in [0.3, 0.4) is 0 Å². The van der Waals surface area contributed by atoms with Gasteiger partial charge in [0.1, 0.15) is 0 Å². The zero-order valence-corrected chi connectivity index (χ0v) is 12.8. The van der Waals surface area contributed by atoms with E-state index in [0.29, 0.717) is 6.04 Å². The Morgan fingerprint density at radius 1 is 1.19 bits per heavy atom. The zero-order chi connectivity index (χ0) is 14.2. The molecule has 2 N–H and O–H groups in total. The maximum atomic E-state index is 3.83. The Labute approximate surface area is 126 Å². The molecule has 1 aromatic heterocycles. The predicted molar refractivity (Wildman–Crippen MR) is 87.4 cm³/mol. The lowest BCUT2D eigenvalue weighted by atomic mass is 9.82. The van der Waals surface area contributed by atoms with E-state index in [2.05, 4.69) is 46.5 Å². The minimum atomic E-state index is 0.686. The summed E-state index contributed by atoms with van der Waals surface area (Å²) < 4.78 is 0. The number of fused-ring (bicyclic) bond motifs is 3. The largest absolute Gasteiger partial charge is 0.361 e. The van der Waals surface area contributed by atoms with Gasteiger partial charge in [0, 0.05) is 41.8 Å². The summed E-state index contributed by atoms with van der Waals surface area (Å²) in [7, 11) is 2.32. The molecule has 1 aromatic carbocycles. The Kier molecular flexibility index (Phi) is 3.48. The van der Waals surface area contributed by atoms with Crippen LogP contribution in [0, 0.1) is 0 Å². The number of H-pyrrole nitrogens is 1. The number of nitrogens with zero attached hydrogens (tertiary/aromatic N) is 1. The highest BCUT2D eigenvalue weighted by atomic mass is 15.2. The maximum Gasteiger partial charge on any atom is 0.0457 e. The molecule has 2 aliphatic rings. The molecule has 21 heavy (non-hydrogen) atoms. The van der Waals surface area contributed by atoms with Gasteiger partial charge in [-0.05, 0) is 50.4 Å². The molecule has 0 aliphatic carbocycles. The van der Waals surface area contributed by atoms with Crippen molar-refractivity contribution in [1.82, 2.24) is 15.2 Å². The lowest BCUT2D eigenvalue weighted by Gasteiger charge is -2.47. The zero-order valence-electron chi connectivity index (χ0n) is 12.8. The Bertz CT molecular complexity index is 604. The molecule has 0 spiro atoms. The number of rotatable bonds is 3. The fraction of sp³-hybridized carbons (Fsp3) is 0.556. The van der Waals surface area contributed by atoms with Gasteiger partial charge in [0.05, 0.1) is 0 Å². The summed E-state index contributed by atoms with van der Waals surface area (Å²) >= 11 is 0. The van der Waals surface area contributed by atoms with E-state index in [4.69, 9.17) is 0 Å². The quantitative estimate of drug-likeness (QED) is 0.906. The molecule has 4 rings (SSSR count). The molecule has 2 fully saturated rings. The van der Waals surface area contributed by atoms with Crippen LogP contribution in [-0.2, 0) is 6.54 Å². The third kappa shape index (κ3) is 2.49. The van der Waals surface area contributed by atoms with Gasteiger partial charge in [0.2, 0.25) is 0 Å². The van der Waals surface area contributed by atoms with Gasteiger partial charge in [-0.3, -0.25) is 0 Å². The fourth-order valence-electron chi connectivity index (χ4n) is 4.34. The monoisotopic (exact) mass is 283 g/mol. The van der Waals surface area contributed by atoms with Gasteiger partial charge in [0.15, 0.2) is 0 Å². The normalized spacial score (nSPS) is 29.9. The van der Waals surface area contributed by atoms with Crippen molar-refractivity contribution in [3.05, 3.63) is 36.0 Å². The average molecular weight is 283 g/mol. The fourth-order valence-corrected chi connectivity index (χ4v) is 4.34. The van der Waals surface area contributed by atoms with Crippen LogP contribution in [0.4, 0.5) is 0 Å². The highest BCUT2D eigenvalue weighted by Crippen LogP contribution is 2.32. The molecule has 3 heteroatoms. The number of nitrogens with one attached hydrogen (secondary N) is 2. The number of hydrogen-bond acceptors (Lipinski definition) is 2. The molecule has 2 bridgehead atoms. The summed E-state index contributed by atoms with van der Waals surface area (Å²) in [6.45, 7) is 0.989. The van der Waals surface area contributed by atoms with E-state index in [1.807, 2.05) is 6.20 Å². The second-order valence-corrected chi connectivity index (χ2v) is 6.81. The van der Waals surface area contributed by atoms with Crippen LogP contribution >= 0.6 is 0 Å². The number of piperidine rings is 2. The van der Waals surface area contributed by atoms with E-state index in [-0.39, 0.29) is 0 Å². The summed E-state index contributed by atoms with van der Waals surface area (Å²) in [5.74, 6) is 0. The van der Waals surface area contributed by atoms with E-state index in [1.54, 1.807) is 0 Å². The van der Waals surface area contributed by atoms with E-state index in [0.717, 1.165) is 18.6 Å². The van der Waals surface area contributed by atoms with Gasteiger partial charge in [-0.2, -0.15) is 0 Å². The Balaban J connectivity index is 1.44. The first-order valence-corrected chi connectivity index (χ1v) is 8.31. The topological polar surface area (TPSA) is 31.1 Å². The number of aromatic amines is 1. The van der Waals surface area contributed by atoms with E-state index in [9.17, 15) is 0 Å². The van der Waals surface area contributed by atoms with E-state index < -0.39 is 0 Å².